The number of rotatable bonds is 4. The maximum absolute atomic E-state index is 12.7. The maximum atomic E-state index is 12.7. The average Bonchev–Trinajstić information content (AvgIpc) is 2.92. The number of hydrazone groups is 1. The molecule has 0 spiro atoms. The van der Waals surface area contributed by atoms with Gasteiger partial charge in [0, 0.05) is 11.3 Å². The predicted octanol–water partition coefficient (Wildman–Crippen LogP) is 2.56. The molecule has 0 aliphatic carbocycles. The molecule has 0 fully saturated rings. The van der Waals surface area contributed by atoms with Gasteiger partial charge in [0.1, 0.15) is 5.75 Å². The van der Waals surface area contributed by atoms with E-state index in [0.29, 0.717) is 16.8 Å². The highest BCUT2D eigenvalue weighted by Gasteiger charge is 2.11. The highest BCUT2D eigenvalue weighted by atomic mass is 16.3. The van der Waals surface area contributed by atoms with E-state index in [1.807, 2.05) is 32.0 Å². The zero-order valence-corrected chi connectivity index (χ0v) is 15.3. The van der Waals surface area contributed by atoms with Crippen LogP contribution in [0.15, 0.2) is 52.4 Å². The Morgan fingerprint density at radius 2 is 1.81 bits per heavy atom. The average molecular weight is 364 g/mol. The van der Waals surface area contributed by atoms with Crippen molar-refractivity contribution in [3.05, 3.63) is 80.8 Å². The predicted molar refractivity (Wildman–Crippen MR) is 104 cm³/mol. The quantitative estimate of drug-likeness (QED) is 0.490. The van der Waals surface area contributed by atoms with E-state index in [0.717, 1.165) is 16.8 Å². The van der Waals surface area contributed by atoms with E-state index in [9.17, 15) is 14.7 Å². The fourth-order valence-electron chi connectivity index (χ4n) is 2.59. The summed E-state index contributed by atoms with van der Waals surface area (Å²) in [4.78, 5) is 24.7. The van der Waals surface area contributed by atoms with E-state index >= 15 is 0 Å². The molecule has 7 heteroatoms. The molecular weight excluding hydrogens is 344 g/mol. The van der Waals surface area contributed by atoms with Gasteiger partial charge in [-0.3, -0.25) is 14.7 Å². The molecule has 0 atom stereocenters. The summed E-state index contributed by atoms with van der Waals surface area (Å²) >= 11 is 0. The lowest BCUT2D eigenvalue weighted by Gasteiger charge is -2.05. The van der Waals surface area contributed by atoms with Gasteiger partial charge in [-0.2, -0.15) is 5.10 Å². The van der Waals surface area contributed by atoms with Gasteiger partial charge in [0.25, 0.3) is 11.5 Å². The summed E-state index contributed by atoms with van der Waals surface area (Å²) in [6, 6.07) is 11.5. The van der Waals surface area contributed by atoms with Crippen LogP contribution < -0.4 is 11.0 Å². The van der Waals surface area contributed by atoms with Crippen molar-refractivity contribution in [1.82, 2.24) is 15.2 Å². The van der Waals surface area contributed by atoms with Gasteiger partial charge in [-0.05, 0) is 68.3 Å². The van der Waals surface area contributed by atoms with Crippen LogP contribution in [0.5, 0.6) is 5.75 Å². The highest BCUT2D eigenvalue weighted by molar-refractivity contribution is 5.95. The van der Waals surface area contributed by atoms with Crippen LogP contribution in [-0.2, 0) is 0 Å². The van der Waals surface area contributed by atoms with Crippen molar-refractivity contribution < 1.29 is 9.90 Å². The van der Waals surface area contributed by atoms with Crippen LogP contribution in [-0.4, -0.2) is 27.0 Å². The van der Waals surface area contributed by atoms with Gasteiger partial charge in [0.05, 0.1) is 17.5 Å². The van der Waals surface area contributed by atoms with Crippen molar-refractivity contribution in [2.24, 2.45) is 5.10 Å². The molecular formula is C20H20N4O3. The molecule has 0 saturated heterocycles. The molecule has 3 aromatic rings. The fraction of sp³-hybridized carbons (Fsp3) is 0.150. The standard InChI is InChI=1S/C20H20N4O3/c1-12-4-7-16(10-13(12)2)24-20(27)18(14(3)23-24)11-21-22-19(26)15-5-8-17(25)9-6-15/h4-11,23,25H,1-3H3,(H,22,26)/b21-11+. The molecule has 0 aliphatic rings. The summed E-state index contributed by atoms with van der Waals surface area (Å²) in [5.41, 5.74) is 6.44. The number of aryl methyl sites for hydroxylation is 3. The Balaban J connectivity index is 1.81. The summed E-state index contributed by atoms with van der Waals surface area (Å²) in [6.45, 7) is 5.76. The zero-order valence-electron chi connectivity index (χ0n) is 15.3. The Hall–Kier alpha value is -3.61. The second kappa shape index (κ2) is 7.33. The molecule has 0 aliphatic heterocycles. The Morgan fingerprint density at radius 3 is 2.48 bits per heavy atom. The molecule has 2 aromatic carbocycles. The van der Waals surface area contributed by atoms with Crippen molar-refractivity contribution in [2.75, 3.05) is 0 Å². The largest absolute Gasteiger partial charge is 0.508 e. The maximum Gasteiger partial charge on any atom is 0.280 e. The second-order valence-corrected chi connectivity index (χ2v) is 6.31. The van der Waals surface area contributed by atoms with Gasteiger partial charge in [0.15, 0.2) is 0 Å². The summed E-state index contributed by atoms with van der Waals surface area (Å²) in [6.07, 6.45) is 1.32. The number of H-pyrrole nitrogens is 1. The minimum Gasteiger partial charge on any atom is -0.508 e. The van der Waals surface area contributed by atoms with Gasteiger partial charge in [-0.25, -0.2) is 10.1 Å². The summed E-state index contributed by atoms with van der Waals surface area (Å²) in [5.74, 6) is -0.362. The van der Waals surface area contributed by atoms with Crippen LogP contribution in [0, 0.1) is 20.8 Å². The SMILES string of the molecule is Cc1ccc(-n2[nH]c(C)c(/C=N/NC(=O)c3ccc(O)cc3)c2=O)cc1C. The van der Waals surface area contributed by atoms with E-state index in [2.05, 4.69) is 15.6 Å². The first-order valence-corrected chi connectivity index (χ1v) is 8.38. The van der Waals surface area contributed by atoms with Gasteiger partial charge in [-0.15, -0.1) is 0 Å². The molecule has 0 unspecified atom stereocenters. The van der Waals surface area contributed by atoms with Crippen LogP contribution in [0.1, 0.15) is 32.7 Å². The number of amides is 1. The molecule has 0 bridgehead atoms. The van der Waals surface area contributed by atoms with Crippen molar-refractivity contribution in [1.29, 1.82) is 0 Å². The number of nitrogens with zero attached hydrogens (tertiary/aromatic N) is 2. The monoisotopic (exact) mass is 364 g/mol. The number of aromatic amines is 1. The molecule has 3 N–H and O–H groups in total. The third kappa shape index (κ3) is 3.82. The first-order chi connectivity index (χ1) is 12.9. The van der Waals surface area contributed by atoms with Crippen LogP contribution in [0.2, 0.25) is 0 Å². The molecule has 1 amide bonds. The molecule has 1 heterocycles. The number of nitrogens with one attached hydrogen (secondary N) is 2. The van der Waals surface area contributed by atoms with Crippen molar-refractivity contribution in [2.45, 2.75) is 20.8 Å². The van der Waals surface area contributed by atoms with Gasteiger partial charge < -0.3 is 5.11 Å². The summed E-state index contributed by atoms with van der Waals surface area (Å²) in [5, 5.41) is 16.2. The number of aromatic nitrogens is 2. The van der Waals surface area contributed by atoms with Crippen LogP contribution in [0.4, 0.5) is 0 Å². The second-order valence-electron chi connectivity index (χ2n) is 6.31. The first-order valence-electron chi connectivity index (χ1n) is 8.38. The molecule has 1 aromatic heterocycles. The zero-order chi connectivity index (χ0) is 19.6. The number of carbonyl (C=O) groups excluding carboxylic acids is 1. The number of hydrogen-bond donors (Lipinski definition) is 3. The molecule has 138 valence electrons. The van der Waals surface area contributed by atoms with E-state index in [-0.39, 0.29) is 11.3 Å². The third-order valence-corrected chi connectivity index (χ3v) is 4.35. The first kappa shape index (κ1) is 18.2. The third-order valence-electron chi connectivity index (χ3n) is 4.35. The Bertz CT molecular complexity index is 1080. The summed E-state index contributed by atoms with van der Waals surface area (Å²) < 4.78 is 1.45. The lowest BCUT2D eigenvalue weighted by atomic mass is 10.1. The topological polar surface area (TPSA) is 99.5 Å². The van der Waals surface area contributed by atoms with Crippen molar-refractivity contribution >= 4 is 12.1 Å². The number of phenols is 1. The molecule has 3 rings (SSSR count). The van der Waals surface area contributed by atoms with Crippen LogP contribution in [0.25, 0.3) is 5.69 Å². The fourth-order valence-corrected chi connectivity index (χ4v) is 2.59. The van der Waals surface area contributed by atoms with E-state index in [4.69, 9.17) is 0 Å². The van der Waals surface area contributed by atoms with Crippen molar-refractivity contribution in [3.8, 4) is 11.4 Å². The summed E-state index contributed by atoms with van der Waals surface area (Å²) in [7, 11) is 0. The van der Waals surface area contributed by atoms with Gasteiger partial charge >= 0.3 is 0 Å². The van der Waals surface area contributed by atoms with Crippen LogP contribution in [0.3, 0.4) is 0 Å². The number of carbonyl (C=O) groups is 1. The number of phenolic OH excluding ortho intramolecular Hbond substituents is 1. The van der Waals surface area contributed by atoms with Gasteiger partial charge in [-0.1, -0.05) is 6.07 Å². The Labute approximate surface area is 156 Å². The Kier molecular flexibility index (Phi) is 4.94. The number of benzene rings is 2. The molecule has 0 radical (unpaired) electrons. The van der Waals surface area contributed by atoms with Gasteiger partial charge in [0.2, 0.25) is 0 Å². The Morgan fingerprint density at radius 1 is 1.11 bits per heavy atom. The highest BCUT2D eigenvalue weighted by Crippen LogP contribution is 2.13. The molecule has 7 nitrogen and oxygen atoms in total. The lowest BCUT2D eigenvalue weighted by molar-refractivity contribution is 0.0955. The van der Waals surface area contributed by atoms with E-state index in [1.165, 1.54) is 35.2 Å². The van der Waals surface area contributed by atoms with Crippen molar-refractivity contribution in [3.63, 3.8) is 0 Å². The number of hydrogen-bond acceptors (Lipinski definition) is 4. The van der Waals surface area contributed by atoms with E-state index in [1.54, 1.807) is 6.92 Å². The smallest absolute Gasteiger partial charge is 0.280 e. The minimum absolute atomic E-state index is 0.0740. The number of aromatic hydroxyl groups is 1. The minimum atomic E-state index is -0.436. The van der Waals surface area contributed by atoms with Crippen LogP contribution >= 0.6 is 0 Å². The molecule has 27 heavy (non-hydrogen) atoms. The molecule has 0 saturated carbocycles. The lowest BCUT2D eigenvalue weighted by Crippen LogP contribution is -2.20. The van der Waals surface area contributed by atoms with E-state index < -0.39 is 5.91 Å². The normalized spacial score (nSPS) is 11.1.